The maximum atomic E-state index is 5.57. The smallest absolute Gasteiger partial charge is 0.145 e. The van der Waals surface area contributed by atoms with Crippen LogP contribution in [0.15, 0.2) is 36.5 Å². The zero-order valence-electron chi connectivity index (χ0n) is 15.8. The van der Waals surface area contributed by atoms with Crippen molar-refractivity contribution in [3.05, 3.63) is 47.7 Å². The Labute approximate surface area is 152 Å². The number of hydrogen-bond acceptors (Lipinski definition) is 3. The Hall–Kier alpha value is -1.87. The van der Waals surface area contributed by atoms with E-state index in [1.807, 2.05) is 18.3 Å². The first-order valence-corrected chi connectivity index (χ1v) is 9.62. The number of benzene rings is 1. The van der Waals surface area contributed by atoms with Gasteiger partial charge in [0.05, 0.1) is 7.11 Å². The van der Waals surface area contributed by atoms with Crippen molar-refractivity contribution in [1.82, 2.24) is 9.88 Å². The van der Waals surface area contributed by atoms with E-state index in [9.17, 15) is 0 Å². The molecule has 0 amide bonds. The standard InChI is InChI=1S/C22H30N2O/c1-4-14-24(15-5-2)18-12-11-17-8-6-9-19(20(17)16-18)22-21(25-3)10-7-13-23-22/h6-10,13,18H,4-5,11-12,14-16H2,1-3H3. The number of fused-ring (bicyclic) bond motifs is 1. The van der Waals surface area contributed by atoms with E-state index in [0.717, 1.165) is 24.3 Å². The summed E-state index contributed by atoms with van der Waals surface area (Å²) in [5.41, 5.74) is 5.16. The van der Waals surface area contributed by atoms with E-state index in [0.29, 0.717) is 6.04 Å². The molecule has 1 aliphatic rings. The first kappa shape index (κ1) is 17.9. The van der Waals surface area contributed by atoms with Gasteiger partial charge in [-0.1, -0.05) is 32.0 Å². The van der Waals surface area contributed by atoms with Crippen molar-refractivity contribution in [2.75, 3.05) is 20.2 Å². The molecule has 1 aliphatic carbocycles. The summed E-state index contributed by atoms with van der Waals surface area (Å²) in [4.78, 5) is 7.32. The van der Waals surface area contributed by atoms with Gasteiger partial charge in [-0.2, -0.15) is 0 Å². The molecule has 3 nitrogen and oxygen atoms in total. The number of hydrogen-bond donors (Lipinski definition) is 0. The SMILES string of the molecule is CCCN(CCC)C1CCc2cccc(-c3ncccc3OC)c2C1. The monoisotopic (exact) mass is 338 g/mol. The number of pyridine rings is 1. The summed E-state index contributed by atoms with van der Waals surface area (Å²) in [6, 6.07) is 11.2. The first-order chi connectivity index (χ1) is 12.3. The Morgan fingerprint density at radius 2 is 1.92 bits per heavy atom. The lowest BCUT2D eigenvalue weighted by Crippen LogP contribution is -2.40. The van der Waals surface area contributed by atoms with Gasteiger partial charge in [-0.05, 0) is 68.5 Å². The van der Waals surface area contributed by atoms with Crippen LogP contribution in [0.25, 0.3) is 11.3 Å². The minimum Gasteiger partial charge on any atom is -0.494 e. The predicted octanol–water partition coefficient (Wildman–Crippen LogP) is 4.74. The molecule has 1 atom stereocenters. The molecule has 0 N–H and O–H groups in total. The van der Waals surface area contributed by atoms with Crippen LogP contribution in [0.2, 0.25) is 0 Å². The third-order valence-corrected chi connectivity index (χ3v) is 5.24. The third-order valence-electron chi connectivity index (χ3n) is 5.24. The largest absolute Gasteiger partial charge is 0.494 e. The highest BCUT2D eigenvalue weighted by Crippen LogP contribution is 2.36. The molecular weight excluding hydrogens is 308 g/mol. The molecule has 1 aromatic heterocycles. The van der Waals surface area contributed by atoms with Gasteiger partial charge >= 0.3 is 0 Å². The van der Waals surface area contributed by atoms with Gasteiger partial charge < -0.3 is 9.64 Å². The highest BCUT2D eigenvalue weighted by Gasteiger charge is 2.26. The Bertz CT molecular complexity index is 692. The molecule has 0 saturated heterocycles. The zero-order chi connectivity index (χ0) is 17.6. The van der Waals surface area contributed by atoms with E-state index in [1.54, 1.807) is 7.11 Å². The van der Waals surface area contributed by atoms with E-state index >= 15 is 0 Å². The summed E-state index contributed by atoms with van der Waals surface area (Å²) < 4.78 is 5.57. The number of ether oxygens (including phenoxy) is 1. The average molecular weight is 338 g/mol. The second kappa shape index (κ2) is 8.48. The van der Waals surface area contributed by atoms with Crippen molar-refractivity contribution in [2.45, 2.75) is 52.0 Å². The maximum absolute atomic E-state index is 5.57. The summed E-state index contributed by atoms with van der Waals surface area (Å²) in [5, 5.41) is 0. The van der Waals surface area contributed by atoms with Crippen molar-refractivity contribution in [1.29, 1.82) is 0 Å². The number of aryl methyl sites for hydroxylation is 1. The number of rotatable bonds is 7. The summed E-state index contributed by atoms with van der Waals surface area (Å²) in [6.07, 6.45) is 7.84. The van der Waals surface area contributed by atoms with Gasteiger partial charge in [0.25, 0.3) is 0 Å². The topological polar surface area (TPSA) is 25.4 Å². The normalized spacial score (nSPS) is 16.7. The van der Waals surface area contributed by atoms with Crippen molar-refractivity contribution in [3.8, 4) is 17.0 Å². The van der Waals surface area contributed by atoms with Crippen molar-refractivity contribution in [3.63, 3.8) is 0 Å². The molecule has 1 heterocycles. The number of aromatic nitrogens is 1. The van der Waals surface area contributed by atoms with Gasteiger partial charge in [0.1, 0.15) is 11.4 Å². The Balaban J connectivity index is 1.95. The number of nitrogens with zero attached hydrogens (tertiary/aromatic N) is 2. The zero-order valence-corrected chi connectivity index (χ0v) is 15.8. The maximum Gasteiger partial charge on any atom is 0.145 e. The van der Waals surface area contributed by atoms with Gasteiger partial charge in [0.15, 0.2) is 0 Å². The minimum absolute atomic E-state index is 0.642. The molecule has 0 aliphatic heterocycles. The molecule has 0 bridgehead atoms. The van der Waals surface area contributed by atoms with Gasteiger partial charge in [-0.3, -0.25) is 4.98 Å². The Kier molecular flexibility index (Phi) is 6.09. The molecule has 0 fully saturated rings. The minimum atomic E-state index is 0.642. The van der Waals surface area contributed by atoms with Crippen molar-refractivity contribution in [2.24, 2.45) is 0 Å². The van der Waals surface area contributed by atoms with Crippen LogP contribution in [0.3, 0.4) is 0 Å². The van der Waals surface area contributed by atoms with Crippen LogP contribution in [0.5, 0.6) is 5.75 Å². The lowest BCUT2D eigenvalue weighted by atomic mass is 9.83. The van der Waals surface area contributed by atoms with Gasteiger partial charge in [-0.15, -0.1) is 0 Å². The molecule has 0 spiro atoms. The van der Waals surface area contributed by atoms with Crippen molar-refractivity contribution >= 4 is 0 Å². The van der Waals surface area contributed by atoms with Crippen LogP contribution < -0.4 is 4.74 Å². The van der Waals surface area contributed by atoms with E-state index in [-0.39, 0.29) is 0 Å². The fraction of sp³-hybridized carbons (Fsp3) is 0.500. The summed E-state index contributed by atoms with van der Waals surface area (Å²) in [5.74, 6) is 0.858. The van der Waals surface area contributed by atoms with E-state index in [1.165, 1.54) is 49.0 Å². The molecule has 25 heavy (non-hydrogen) atoms. The lowest BCUT2D eigenvalue weighted by Gasteiger charge is -2.35. The van der Waals surface area contributed by atoms with Crippen LogP contribution in [-0.2, 0) is 12.8 Å². The summed E-state index contributed by atoms with van der Waals surface area (Å²) >= 11 is 0. The fourth-order valence-corrected chi connectivity index (χ4v) is 4.11. The lowest BCUT2D eigenvalue weighted by molar-refractivity contribution is 0.180. The average Bonchev–Trinajstić information content (AvgIpc) is 2.67. The molecular formula is C22H30N2O. The van der Waals surface area contributed by atoms with Crippen LogP contribution in [0.1, 0.15) is 44.2 Å². The van der Waals surface area contributed by atoms with Gasteiger partial charge in [0.2, 0.25) is 0 Å². The molecule has 134 valence electrons. The van der Waals surface area contributed by atoms with E-state index < -0.39 is 0 Å². The molecule has 0 saturated carbocycles. The summed E-state index contributed by atoms with van der Waals surface area (Å²) in [6.45, 7) is 6.96. The molecule has 3 heteroatoms. The quantitative estimate of drug-likeness (QED) is 0.729. The van der Waals surface area contributed by atoms with E-state index in [4.69, 9.17) is 4.74 Å². The second-order valence-corrected chi connectivity index (χ2v) is 6.93. The molecule has 3 rings (SSSR count). The Morgan fingerprint density at radius 1 is 1.12 bits per heavy atom. The molecule has 1 aromatic carbocycles. The van der Waals surface area contributed by atoms with Gasteiger partial charge in [0, 0.05) is 17.8 Å². The first-order valence-electron chi connectivity index (χ1n) is 9.62. The highest BCUT2D eigenvalue weighted by molar-refractivity contribution is 5.71. The molecule has 2 aromatic rings. The van der Waals surface area contributed by atoms with Crippen LogP contribution in [0, 0.1) is 0 Å². The van der Waals surface area contributed by atoms with Gasteiger partial charge in [-0.25, -0.2) is 0 Å². The summed E-state index contributed by atoms with van der Waals surface area (Å²) in [7, 11) is 1.73. The molecule has 0 radical (unpaired) electrons. The number of methoxy groups -OCH3 is 1. The van der Waals surface area contributed by atoms with Crippen LogP contribution in [-0.4, -0.2) is 36.1 Å². The Morgan fingerprint density at radius 3 is 2.64 bits per heavy atom. The second-order valence-electron chi connectivity index (χ2n) is 6.93. The highest BCUT2D eigenvalue weighted by atomic mass is 16.5. The molecule has 1 unspecified atom stereocenters. The third kappa shape index (κ3) is 3.87. The van der Waals surface area contributed by atoms with Crippen molar-refractivity contribution < 1.29 is 4.74 Å². The van der Waals surface area contributed by atoms with Crippen LogP contribution >= 0.6 is 0 Å². The van der Waals surface area contributed by atoms with E-state index in [2.05, 4.69) is 41.9 Å². The van der Waals surface area contributed by atoms with Crippen LogP contribution in [0.4, 0.5) is 0 Å². The predicted molar refractivity (Wildman–Crippen MR) is 104 cm³/mol. The fourth-order valence-electron chi connectivity index (χ4n) is 4.11.